The van der Waals surface area contributed by atoms with Gasteiger partial charge in [0.25, 0.3) is 0 Å². The summed E-state index contributed by atoms with van der Waals surface area (Å²) in [4.78, 5) is 4.81. The summed E-state index contributed by atoms with van der Waals surface area (Å²) in [5, 5.41) is 0. The number of hydrogen-bond acceptors (Lipinski definition) is 2. The molecular formula is C15H18BrNO. The van der Waals surface area contributed by atoms with E-state index in [1.165, 1.54) is 5.56 Å². The summed E-state index contributed by atoms with van der Waals surface area (Å²) in [6, 6.07) is 8.88. The molecule has 1 saturated carbocycles. The third-order valence-electron chi connectivity index (χ3n) is 3.98. The first-order valence-corrected chi connectivity index (χ1v) is 7.38. The molecule has 1 aliphatic heterocycles. The van der Waals surface area contributed by atoms with Gasteiger partial charge in [0.05, 0.1) is 11.5 Å². The molecule has 0 unspecified atom stereocenters. The van der Waals surface area contributed by atoms with Crippen molar-refractivity contribution in [1.29, 1.82) is 0 Å². The van der Waals surface area contributed by atoms with Crippen LogP contribution in [-0.4, -0.2) is 18.5 Å². The van der Waals surface area contributed by atoms with Gasteiger partial charge in [-0.05, 0) is 36.5 Å². The van der Waals surface area contributed by atoms with Crippen LogP contribution in [0.2, 0.25) is 0 Å². The fraction of sp³-hybridized carbons (Fsp3) is 0.533. The Hall–Kier alpha value is -0.830. The van der Waals surface area contributed by atoms with E-state index in [1.54, 1.807) is 0 Å². The molecule has 2 aliphatic rings. The molecule has 0 saturated heterocycles. The molecule has 96 valence electrons. The molecule has 0 radical (unpaired) electrons. The summed E-state index contributed by atoms with van der Waals surface area (Å²) in [6.07, 6.45) is 2.32. The Kier molecular flexibility index (Phi) is 2.97. The van der Waals surface area contributed by atoms with Gasteiger partial charge in [-0.1, -0.05) is 41.9 Å². The van der Waals surface area contributed by atoms with E-state index in [1.807, 2.05) is 0 Å². The van der Waals surface area contributed by atoms with Crippen molar-refractivity contribution in [3.05, 3.63) is 34.3 Å². The zero-order chi connectivity index (χ0) is 12.8. The number of nitrogens with zero attached hydrogens (tertiary/aromatic N) is 1. The Labute approximate surface area is 117 Å². The van der Waals surface area contributed by atoms with Crippen molar-refractivity contribution in [3.63, 3.8) is 0 Å². The summed E-state index contributed by atoms with van der Waals surface area (Å²) in [5.41, 5.74) is 1.41. The average molecular weight is 308 g/mol. The third-order valence-corrected chi connectivity index (χ3v) is 4.47. The molecular weight excluding hydrogens is 290 g/mol. The maximum atomic E-state index is 5.88. The predicted octanol–water partition coefficient (Wildman–Crippen LogP) is 3.93. The van der Waals surface area contributed by atoms with Crippen LogP contribution in [0.15, 0.2) is 33.7 Å². The Morgan fingerprint density at radius 1 is 1.39 bits per heavy atom. The Bertz CT molecular complexity index is 491. The van der Waals surface area contributed by atoms with Crippen LogP contribution in [0.4, 0.5) is 0 Å². The first kappa shape index (κ1) is 12.2. The SMILES string of the molecule is CC(C)[C@@H]1COC(C2(c3cccc(Br)c3)CC2)=N1. The van der Waals surface area contributed by atoms with Gasteiger partial charge in [-0.15, -0.1) is 0 Å². The Morgan fingerprint density at radius 3 is 2.72 bits per heavy atom. The molecule has 18 heavy (non-hydrogen) atoms. The molecule has 0 aromatic heterocycles. The van der Waals surface area contributed by atoms with Crippen molar-refractivity contribution >= 4 is 21.8 Å². The third kappa shape index (κ3) is 1.99. The van der Waals surface area contributed by atoms with Gasteiger partial charge in [0, 0.05) is 4.47 Å². The molecule has 0 bridgehead atoms. The first-order chi connectivity index (χ1) is 8.62. The lowest BCUT2D eigenvalue weighted by Gasteiger charge is -2.15. The van der Waals surface area contributed by atoms with Crippen LogP contribution in [0.1, 0.15) is 32.3 Å². The van der Waals surface area contributed by atoms with Gasteiger partial charge in [-0.25, -0.2) is 4.99 Å². The van der Waals surface area contributed by atoms with Gasteiger partial charge in [-0.2, -0.15) is 0 Å². The number of halogens is 1. The average Bonchev–Trinajstić information content (AvgIpc) is 2.99. The quantitative estimate of drug-likeness (QED) is 0.829. The van der Waals surface area contributed by atoms with Gasteiger partial charge in [0.15, 0.2) is 5.90 Å². The van der Waals surface area contributed by atoms with Crippen molar-refractivity contribution in [2.75, 3.05) is 6.61 Å². The fourth-order valence-corrected chi connectivity index (χ4v) is 2.93. The van der Waals surface area contributed by atoms with Crippen molar-refractivity contribution < 1.29 is 4.74 Å². The molecule has 1 heterocycles. The summed E-state index contributed by atoms with van der Waals surface area (Å²) >= 11 is 3.55. The van der Waals surface area contributed by atoms with E-state index in [4.69, 9.17) is 9.73 Å². The zero-order valence-electron chi connectivity index (χ0n) is 10.8. The molecule has 1 atom stereocenters. The van der Waals surface area contributed by atoms with Crippen molar-refractivity contribution in [1.82, 2.24) is 0 Å². The Morgan fingerprint density at radius 2 is 2.17 bits per heavy atom. The maximum Gasteiger partial charge on any atom is 0.194 e. The molecule has 3 heteroatoms. The molecule has 1 aromatic rings. The lowest BCUT2D eigenvalue weighted by atomic mass is 9.96. The molecule has 0 N–H and O–H groups in total. The lowest BCUT2D eigenvalue weighted by molar-refractivity contribution is 0.281. The largest absolute Gasteiger partial charge is 0.478 e. The van der Waals surface area contributed by atoms with E-state index in [0.29, 0.717) is 12.0 Å². The van der Waals surface area contributed by atoms with Crippen LogP contribution in [0.3, 0.4) is 0 Å². The highest BCUT2D eigenvalue weighted by Gasteiger charge is 2.52. The second-order valence-corrected chi connectivity index (χ2v) is 6.56. The molecule has 2 nitrogen and oxygen atoms in total. The van der Waals surface area contributed by atoms with Crippen LogP contribution in [-0.2, 0) is 10.2 Å². The van der Waals surface area contributed by atoms with Crippen LogP contribution in [0.5, 0.6) is 0 Å². The summed E-state index contributed by atoms with van der Waals surface area (Å²) < 4.78 is 7.01. The van der Waals surface area contributed by atoms with Crippen LogP contribution < -0.4 is 0 Å². The highest BCUT2D eigenvalue weighted by Crippen LogP contribution is 2.51. The van der Waals surface area contributed by atoms with E-state index in [-0.39, 0.29) is 5.41 Å². The van der Waals surface area contributed by atoms with E-state index >= 15 is 0 Å². The van der Waals surface area contributed by atoms with Crippen LogP contribution >= 0.6 is 15.9 Å². The maximum absolute atomic E-state index is 5.88. The second-order valence-electron chi connectivity index (χ2n) is 5.65. The van der Waals surface area contributed by atoms with Crippen LogP contribution in [0, 0.1) is 5.92 Å². The number of rotatable bonds is 3. The van der Waals surface area contributed by atoms with E-state index in [9.17, 15) is 0 Å². The molecule has 1 fully saturated rings. The van der Waals surface area contributed by atoms with Gasteiger partial charge in [-0.3, -0.25) is 0 Å². The van der Waals surface area contributed by atoms with E-state index in [2.05, 4.69) is 54.0 Å². The second kappa shape index (κ2) is 4.37. The van der Waals surface area contributed by atoms with Gasteiger partial charge < -0.3 is 4.74 Å². The fourth-order valence-electron chi connectivity index (χ4n) is 2.53. The minimum absolute atomic E-state index is 0.0768. The summed E-state index contributed by atoms with van der Waals surface area (Å²) in [7, 11) is 0. The normalized spacial score (nSPS) is 24.9. The smallest absolute Gasteiger partial charge is 0.194 e. The van der Waals surface area contributed by atoms with Gasteiger partial charge in [0.2, 0.25) is 0 Å². The van der Waals surface area contributed by atoms with E-state index < -0.39 is 0 Å². The minimum Gasteiger partial charge on any atom is -0.478 e. The highest BCUT2D eigenvalue weighted by atomic mass is 79.9. The Balaban J connectivity index is 1.90. The van der Waals surface area contributed by atoms with Gasteiger partial charge >= 0.3 is 0 Å². The molecule has 1 aliphatic carbocycles. The topological polar surface area (TPSA) is 21.6 Å². The molecule has 3 rings (SSSR count). The number of hydrogen-bond donors (Lipinski definition) is 0. The summed E-state index contributed by atoms with van der Waals surface area (Å²) in [5.74, 6) is 1.53. The van der Waals surface area contributed by atoms with Gasteiger partial charge in [0.1, 0.15) is 6.61 Å². The van der Waals surface area contributed by atoms with E-state index in [0.717, 1.165) is 29.8 Å². The molecule has 0 spiro atoms. The molecule has 1 aromatic carbocycles. The number of aliphatic imine (C=N–C) groups is 1. The van der Waals surface area contributed by atoms with Crippen molar-refractivity contribution in [3.8, 4) is 0 Å². The lowest BCUT2D eigenvalue weighted by Crippen LogP contribution is -2.20. The van der Waals surface area contributed by atoms with Crippen molar-refractivity contribution in [2.24, 2.45) is 10.9 Å². The number of benzene rings is 1. The summed E-state index contributed by atoms with van der Waals surface area (Å²) in [6.45, 7) is 5.17. The predicted molar refractivity (Wildman–Crippen MR) is 77.1 cm³/mol. The van der Waals surface area contributed by atoms with Crippen molar-refractivity contribution in [2.45, 2.75) is 38.1 Å². The minimum atomic E-state index is 0.0768. The van der Waals surface area contributed by atoms with Crippen LogP contribution in [0.25, 0.3) is 0 Å². The highest BCUT2D eigenvalue weighted by molar-refractivity contribution is 9.10. The molecule has 0 amide bonds. The zero-order valence-corrected chi connectivity index (χ0v) is 12.4. The standard InChI is InChI=1S/C15H18BrNO/c1-10(2)13-9-18-14(17-13)15(6-7-15)11-4-3-5-12(16)8-11/h3-5,8,10,13H,6-7,9H2,1-2H3/t13-/m0/s1. The number of ether oxygens (including phenoxy) is 1. The first-order valence-electron chi connectivity index (χ1n) is 6.59. The monoisotopic (exact) mass is 307 g/mol.